The zero-order valence-corrected chi connectivity index (χ0v) is 15.7. The van der Waals surface area contributed by atoms with Crippen LogP contribution in [0.15, 0.2) is 48.7 Å². The maximum absolute atomic E-state index is 13.1. The lowest BCUT2D eigenvalue weighted by molar-refractivity contribution is -0.137. The van der Waals surface area contributed by atoms with Crippen LogP contribution >= 0.6 is 0 Å². The highest BCUT2D eigenvalue weighted by Gasteiger charge is 2.35. The number of benzene rings is 1. The lowest BCUT2D eigenvalue weighted by Gasteiger charge is -2.38. The van der Waals surface area contributed by atoms with Gasteiger partial charge >= 0.3 is 6.18 Å². The quantitative estimate of drug-likeness (QED) is 0.606. The summed E-state index contributed by atoms with van der Waals surface area (Å²) in [5.41, 5.74) is 0.737. The van der Waals surface area contributed by atoms with E-state index in [2.05, 4.69) is 10.1 Å². The molecular formula is C20H16F4N4O2. The highest BCUT2D eigenvalue weighted by Crippen LogP contribution is 2.29. The monoisotopic (exact) mass is 420 g/mol. The van der Waals surface area contributed by atoms with Crippen molar-refractivity contribution in [1.82, 2.24) is 19.7 Å². The number of ether oxygens (including phenoxy) is 1. The van der Waals surface area contributed by atoms with Gasteiger partial charge < -0.3 is 9.64 Å². The van der Waals surface area contributed by atoms with Crippen molar-refractivity contribution in [2.24, 2.45) is 7.05 Å². The molecule has 3 aromatic rings. The molecular weight excluding hydrogens is 404 g/mol. The average molecular weight is 420 g/mol. The molecule has 10 heteroatoms. The number of hydrogen-bond donors (Lipinski definition) is 0. The van der Waals surface area contributed by atoms with E-state index < -0.39 is 11.7 Å². The van der Waals surface area contributed by atoms with Crippen LogP contribution in [0.3, 0.4) is 0 Å². The summed E-state index contributed by atoms with van der Waals surface area (Å²) in [6.07, 6.45) is -4.10. The smallest absolute Gasteiger partial charge is 0.417 e. The summed E-state index contributed by atoms with van der Waals surface area (Å²) < 4.78 is 57.8. The Morgan fingerprint density at radius 3 is 2.43 bits per heavy atom. The largest absolute Gasteiger partial charge is 0.471 e. The molecule has 3 heterocycles. The fraction of sp³-hybridized carbons (Fsp3) is 0.250. The van der Waals surface area contributed by atoms with Gasteiger partial charge in [-0.1, -0.05) is 0 Å². The number of hydrogen-bond acceptors (Lipinski definition) is 4. The number of pyridine rings is 1. The van der Waals surface area contributed by atoms with Crippen molar-refractivity contribution in [2.45, 2.75) is 12.3 Å². The molecule has 0 saturated carbocycles. The molecule has 4 rings (SSSR count). The van der Waals surface area contributed by atoms with E-state index in [-0.39, 0.29) is 36.8 Å². The number of alkyl halides is 3. The maximum atomic E-state index is 13.1. The minimum Gasteiger partial charge on any atom is -0.471 e. The Bertz CT molecular complexity index is 1060. The number of likely N-dealkylation sites (tertiary alicyclic amines) is 1. The molecule has 0 bridgehead atoms. The molecule has 1 amide bonds. The van der Waals surface area contributed by atoms with Gasteiger partial charge in [0.15, 0.2) is 0 Å². The molecule has 1 fully saturated rings. The third kappa shape index (κ3) is 3.98. The second-order valence-electron chi connectivity index (χ2n) is 6.88. The van der Waals surface area contributed by atoms with Crippen LogP contribution < -0.4 is 4.74 Å². The van der Waals surface area contributed by atoms with Crippen LogP contribution in [-0.4, -0.2) is 44.8 Å². The maximum Gasteiger partial charge on any atom is 0.417 e. The zero-order valence-electron chi connectivity index (χ0n) is 15.7. The van der Waals surface area contributed by atoms with Crippen molar-refractivity contribution in [3.8, 4) is 17.1 Å². The molecule has 6 nitrogen and oxygen atoms in total. The lowest BCUT2D eigenvalue weighted by Crippen LogP contribution is -2.56. The van der Waals surface area contributed by atoms with Crippen molar-refractivity contribution in [3.05, 3.63) is 65.7 Å². The van der Waals surface area contributed by atoms with Gasteiger partial charge in [0.05, 0.1) is 24.3 Å². The molecule has 30 heavy (non-hydrogen) atoms. The number of aromatic nitrogens is 3. The summed E-state index contributed by atoms with van der Waals surface area (Å²) in [6, 6.07) is 9.48. The Hall–Kier alpha value is -3.43. The molecule has 0 radical (unpaired) electrons. The molecule has 0 atom stereocenters. The van der Waals surface area contributed by atoms with Gasteiger partial charge in [0.1, 0.15) is 17.6 Å². The van der Waals surface area contributed by atoms with E-state index >= 15 is 0 Å². The predicted molar refractivity (Wildman–Crippen MR) is 98.2 cm³/mol. The van der Waals surface area contributed by atoms with Crippen LogP contribution in [-0.2, 0) is 13.2 Å². The number of carbonyl (C=O) groups is 1. The first-order valence-electron chi connectivity index (χ1n) is 9.00. The molecule has 2 aromatic heterocycles. The molecule has 0 unspecified atom stereocenters. The van der Waals surface area contributed by atoms with Crippen molar-refractivity contribution in [3.63, 3.8) is 0 Å². The fourth-order valence-corrected chi connectivity index (χ4v) is 3.06. The Morgan fingerprint density at radius 2 is 1.83 bits per heavy atom. The van der Waals surface area contributed by atoms with E-state index in [9.17, 15) is 22.4 Å². The lowest BCUT2D eigenvalue weighted by atomic mass is 10.1. The third-order valence-corrected chi connectivity index (χ3v) is 4.73. The van der Waals surface area contributed by atoms with E-state index in [1.165, 1.54) is 16.8 Å². The minimum atomic E-state index is -4.46. The molecule has 156 valence electrons. The van der Waals surface area contributed by atoms with Crippen LogP contribution in [0.2, 0.25) is 0 Å². The van der Waals surface area contributed by atoms with Crippen molar-refractivity contribution < 1.29 is 27.1 Å². The van der Waals surface area contributed by atoms with Gasteiger partial charge in [0.25, 0.3) is 5.91 Å². The molecule has 0 spiro atoms. The molecule has 0 aliphatic carbocycles. The number of rotatable bonds is 4. The van der Waals surface area contributed by atoms with Crippen molar-refractivity contribution in [1.29, 1.82) is 0 Å². The molecule has 1 aliphatic heterocycles. The Balaban J connectivity index is 1.37. The summed E-state index contributed by atoms with van der Waals surface area (Å²) in [4.78, 5) is 17.9. The van der Waals surface area contributed by atoms with E-state index in [4.69, 9.17) is 4.74 Å². The van der Waals surface area contributed by atoms with Crippen LogP contribution in [0.4, 0.5) is 17.6 Å². The average Bonchev–Trinajstić information content (AvgIpc) is 3.06. The van der Waals surface area contributed by atoms with Gasteiger partial charge in [-0.25, -0.2) is 9.37 Å². The first-order valence-corrected chi connectivity index (χ1v) is 9.00. The third-order valence-electron chi connectivity index (χ3n) is 4.73. The molecule has 0 N–H and O–H groups in total. The highest BCUT2D eigenvalue weighted by atomic mass is 19.4. The summed E-state index contributed by atoms with van der Waals surface area (Å²) >= 11 is 0. The molecule has 1 aromatic carbocycles. The van der Waals surface area contributed by atoms with Crippen molar-refractivity contribution >= 4 is 5.91 Å². The first-order chi connectivity index (χ1) is 14.2. The second kappa shape index (κ2) is 7.43. The van der Waals surface area contributed by atoms with Gasteiger partial charge in [-0.15, -0.1) is 0 Å². The van der Waals surface area contributed by atoms with Gasteiger partial charge in [-0.3, -0.25) is 9.48 Å². The summed E-state index contributed by atoms with van der Waals surface area (Å²) in [7, 11) is 1.64. The number of nitrogens with zero attached hydrogens (tertiary/aromatic N) is 4. The summed E-state index contributed by atoms with van der Waals surface area (Å²) in [6.45, 7) is 0.553. The number of aryl methyl sites for hydroxylation is 1. The van der Waals surface area contributed by atoms with Crippen LogP contribution in [0.5, 0.6) is 5.88 Å². The highest BCUT2D eigenvalue weighted by molar-refractivity contribution is 5.94. The summed E-state index contributed by atoms with van der Waals surface area (Å²) in [5.74, 6) is -0.544. The number of halogens is 4. The molecule has 1 saturated heterocycles. The van der Waals surface area contributed by atoms with Gasteiger partial charge in [0.2, 0.25) is 5.88 Å². The van der Waals surface area contributed by atoms with Crippen LogP contribution in [0, 0.1) is 5.82 Å². The second-order valence-corrected chi connectivity index (χ2v) is 6.88. The van der Waals surface area contributed by atoms with Gasteiger partial charge in [-0.2, -0.15) is 18.3 Å². The van der Waals surface area contributed by atoms with Gasteiger partial charge in [0, 0.05) is 24.9 Å². The normalized spacial score (nSPS) is 14.5. The standard InChI is InChI=1S/C20H16F4N4O2/c1-27-17(8-16(26-27)12-2-5-14(21)6-3-12)19(29)28-10-15(11-28)30-18-7-4-13(9-25-18)20(22,23)24/h2-9,15H,10-11H2,1H3. The summed E-state index contributed by atoms with van der Waals surface area (Å²) in [5, 5.41) is 4.30. The SMILES string of the molecule is Cn1nc(-c2ccc(F)cc2)cc1C(=O)N1CC(Oc2ccc(C(F)(F)F)cn2)C1. The Morgan fingerprint density at radius 1 is 1.13 bits per heavy atom. The van der Waals surface area contributed by atoms with E-state index in [0.29, 0.717) is 23.1 Å². The van der Waals surface area contributed by atoms with E-state index in [0.717, 1.165) is 12.1 Å². The van der Waals surface area contributed by atoms with Crippen LogP contribution in [0.1, 0.15) is 16.1 Å². The van der Waals surface area contributed by atoms with Crippen molar-refractivity contribution in [2.75, 3.05) is 13.1 Å². The zero-order chi connectivity index (χ0) is 21.5. The Labute approximate surface area is 168 Å². The van der Waals surface area contributed by atoms with E-state index in [1.54, 1.807) is 30.1 Å². The Kier molecular flexibility index (Phi) is 4.92. The van der Waals surface area contributed by atoms with Crippen LogP contribution in [0.25, 0.3) is 11.3 Å². The number of amides is 1. The fourth-order valence-electron chi connectivity index (χ4n) is 3.06. The van der Waals surface area contributed by atoms with E-state index in [1.807, 2.05) is 0 Å². The minimum absolute atomic E-state index is 0.0687. The van der Waals surface area contributed by atoms with Gasteiger partial charge in [-0.05, 0) is 36.4 Å². The topological polar surface area (TPSA) is 60.2 Å². The number of carbonyl (C=O) groups excluding carboxylic acids is 1. The predicted octanol–water partition coefficient (Wildman–Crippen LogP) is 3.54. The molecule has 1 aliphatic rings. The first kappa shape index (κ1) is 19.9.